The van der Waals surface area contributed by atoms with Crippen molar-refractivity contribution in [3.05, 3.63) is 22.6 Å². The first-order valence-electron chi connectivity index (χ1n) is 8.08. The van der Waals surface area contributed by atoms with E-state index in [1.807, 2.05) is 0 Å². The number of hydrogen-bond acceptors (Lipinski definition) is 2. The SMILES string of the molecule is [2H]c1nc(C([2H])(C([2H])([2H])[2H])C([2H])([2H])C([2H])([2H])[2H])c([2H])nc1Br. The molecule has 11 heavy (non-hydrogen) atoms. The zero-order valence-electron chi connectivity index (χ0n) is 16.3. The molecule has 0 saturated heterocycles. The van der Waals surface area contributed by atoms with E-state index in [4.69, 9.17) is 15.1 Å². The number of aromatic nitrogens is 2. The molecule has 1 unspecified atom stereocenters. The van der Waals surface area contributed by atoms with E-state index < -0.39 is 44.0 Å². The Hall–Kier alpha value is -0.440. The molecule has 1 aromatic heterocycles. The smallest absolute Gasteiger partial charge is 0.124 e. The van der Waals surface area contributed by atoms with Gasteiger partial charge in [0, 0.05) is 18.5 Å². The summed E-state index contributed by atoms with van der Waals surface area (Å²) in [5.41, 5.74) is -1.03. The number of halogens is 1. The largest absolute Gasteiger partial charge is 0.257 e. The molecule has 0 fully saturated rings. The molecule has 0 aliphatic heterocycles. The third-order valence-corrected chi connectivity index (χ3v) is 1.24. The van der Waals surface area contributed by atoms with Crippen molar-refractivity contribution >= 4 is 15.9 Å². The molecule has 0 amide bonds. The van der Waals surface area contributed by atoms with Gasteiger partial charge in [-0.3, -0.25) is 4.98 Å². The molecule has 0 aliphatic rings. The van der Waals surface area contributed by atoms with Crippen LogP contribution in [0.3, 0.4) is 0 Å². The molecular weight excluding hydrogens is 204 g/mol. The van der Waals surface area contributed by atoms with Crippen LogP contribution in [0.25, 0.3) is 0 Å². The highest BCUT2D eigenvalue weighted by atomic mass is 79.9. The predicted molar refractivity (Wildman–Crippen MR) is 48.4 cm³/mol. The van der Waals surface area contributed by atoms with Gasteiger partial charge in [-0.05, 0) is 28.2 Å². The minimum absolute atomic E-state index is 0.205. The fraction of sp³-hybridized carbons (Fsp3) is 0.500. The fourth-order valence-corrected chi connectivity index (χ4v) is 0.602. The van der Waals surface area contributed by atoms with Gasteiger partial charge < -0.3 is 0 Å². The van der Waals surface area contributed by atoms with Gasteiger partial charge in [-0.2, -0.15) is 0 Å². The van der Waals surface area contributed by atoms with Crippen LogP contribution in [0, 0.1) is 0 Å². The van der Waals surface area contributed by atoms with Crippen molar-refractivity contribution in [2.45, 2.75) is 26.0 Å². The monoisotopic (exact) mass is 225 g/mol. The average Bonchev–Trinajstić information content (AvgIpc) is 2.29. The Labute approximate surface area is 90.7 Å². The molecular formula is C8H11BrN2. The first kappa shape index (κ1) is 2.08. The number of hydrogen-bond donors (Lipinski definition) is 0. The summed E-state index contributed by atoms with van der Waals surface area (Å²) in [7, 11) is 0. The van der Waals surface area contributed by atoms with Crippen LogP contribution >= 0.6 is 15.9 Å². The molecule has 60 valence electrons. The number of rotatable bonds is 2. The van der Waals surface area contributed by atoms with E-state index in [2.05, 4.69) is 25.9 Å². The van der Waals surface area contributed by atoms with Crippen LogP contribution in [-0.4, -0.2) is 9.97 Å². The maximum absolute atomic E-state index is 8.06. The van der Waals surface area contributed by atoms with Crippen LogP contribution in [-0.2, 0) is 0 Å². The molecule has 0 aromatic carbocycles. The Morgan fingerprint density at radius 3 is 3.55 bits per heavy atom. The number of nitrogens with zero attached hydrogens (tertiary/aromatic N) is 2. The van der Waals surface area contributed by atoms with Gasteiger partial charge in [0.1, 0.15) is 4.60 Å². The molecule has 2 nitrogen and oxygen atoms in total. The van der Waals surface area contributed by atoms with E-state index in [9.17, 15) is 0 Å². The van der Waals surface area contributed by atoms with Crippen molar-refractivity contribution in [3.63, 3.8) is 0 Å². The van der Waals surface area contributed by atoms with Gasteiger partial charge in [0.2, 0.25) is 0 Å². The second-order valence-electron chi connectivity index (χ2n) is 1.59. The highest BCUT2D eigenvalue weighted by Gasteiger charge is 2.03. The molecule has 0 spiro atoms. The lowest BCUT2D eigenvalue weighted by Gasteiger charge is -2.05. The summed E-state index contributed by atoms with van der Waals surface area (Å²) < 4.78 is 82.2. The van der Waals surface area contributed by atoms with Crippen molar-refractivity contribution < 1.29 is 15.1 Å². The second-order valence-corrected chi connectivity index (χ2v) is 2.34. The Balaban J connectivity index is 3.81. The summed E-state index contributed by atoms with van der Waals surface area (Å²) in [6, 6.07) is 0. The molecule has 3 heteroatoms. The van der Waals surface area contributed by atoms with E-state index in [-0.39, 0.29) is 4.60 Å². The predicted octanol–water partition coefficient (Wildman–Crippen LogP) is 2.75. The van der Waals surface area contributed by atoms with Gasteiger partial charge in [0.25, 0.3) is 0 Å². The third-order valence-electron chi connectivity index (χ3n) is 0.882. The Bertz CT molecular complexity index is 581. The molecule has 1 rings (SSSR count). The lowest BCUT2D eigenvalue weighted by atomic mass is 10.1. The Kier molecular flexibility index (Phi) is 0.719. The zero-order valence-corrected chi connectivity index (χ0v) is 6.86. The Morgan fingerprint density at radius 1 is 1.91 bits per heavy atom. The van der Waals surface area contributed by atoms with Gasteiger partial charge in [-0.1, -0.05) is 13.7 Å². The van der Waals surface area contributed by atoms with Crippen molar-refractivity contribution in [3.8, 4) is 0 Å². The normalized spacial score (nSPS) is 34.1. The van der Waals surface area contributed by atoms with Crippen LogP contribution in [0.1, 0.15) is 46.7 Å². The van der Waals surface area contributed by atoms with E-state index in [1.54, 1.807) is 0 Å². The molecule has 0 N–H and O–H groups in total. The highest BCUT2D eigenvalue weighted by molar-refractivity contribution is 9.10. The summed E-state index contributed by atoms with van der Waals surface area (Å²) in [5.74, 6) is -3.40. The van der Waals surface area contributed by atoms with Gasteiger partial charge in [-0.25, -0.2) is 4.98 Å². The van der Waals surface area contributed by atoms with Crippen molar-refractivity contribution in [1.82, 2.24) is 9.97 Å². The first-order valence-corrected chi connectivity index (χ1v) is 3.38. The van der Waals surface area contributed by atoms with Gasteiger partial charge in [0.15, 0.2) is 0 Å². The summed E-state index contributed by atoms with van der Waals surface area (Å²) >= 11 is 2.80. The molecule has 0 radical (unpaired) electrons. The minimum atomic E-state index is -3.56. The topological polar surface area (TPSA) is 25.8 Å². The fourth-order valence-electron chi connectivity index (χ4n) is 0.425. The van der Waals surface area contributed by atoms with Gasteiger partial charge >= 0.3 is 0 Å². The quantitative estimate of drug-likeness (QED) is 0.774. The maximum Gasteiger partial charge on any atom is 0.124 e. The second kappa shape index (κ2) is 3.81. The van der Waals surface area contributed by atoms with Crippen molar-refractivity contribution in [2.24, 2.45) is 0 Å². The van der Waals surface area contributed by atoms with E-state index in [1.165, 1.54) is 0 Å². The van der Waals surface area contributed by atoms with Crippen molar-refractivity contribution in [2.75, 3.05) is 0 Å². The van der Waals surface area contributed by atoms with Crippen LogP contribution < -0.4 is 0 Å². The van der Waals surface area contributed by atoms with E-state index >= 15 is 0 Å². The molecule has 0 aliphatic carbocycles. The lowest BCUT2D eigenvalue weighted by Crippen LogP contribution is -1.95. The first-order chi connectivity index (χ1) is 9.57. The lowest BCUT2D eigenvalue weighted by molar-refractivity contribution is 0.701. The van der Waals surface area contributed by atoms with Gasteiger partial charge in [0.05, 0.1) is 14.6 Å². The van der Waals surface area contributed by atoms with E-state index in [0.29, 0.717) is 0 Å². The van der Waals surface area contributed by atoms with Crippen LogP contribution in [0.4, 0.5) is 0 Å². The zero-order chi connectivity index (χ0) is 17.7. The summed E-state index contributed by atoms with van der Waals surface area (Å²) in [6.45, 7) is -6.93. The minimum Gasteiger partial charge on any atom is -0.257 e. The molecule has 1 heterocycles. The standard InChI is InChI=1S/C8H11BrN2/c1-3-6(2)7-4-11-8(9)5-10-7/h4-6H,3H2,1-2H3/i1D3,2D3,3D2,4D,5D,6D. The van der Waals surface area contributed by atoms with Crippen LogP contribution in [0.15, 0.2) is 16.9 Å². The summed E-state index contributed by atoms with van der Waals surface area (Å²) in [4.78, 5) is 6.88. The molecule has 0 bridgehead atoms. The van der Waals surface area contributed by atoms with E-state index in [0.717, 1.165) is 0 Å². The summed E-state index contributed by atoms with van der Waals surface area (Å²) in [5, 5.41) is 0. The molecule has 1 aromatic rings. The van der Waals surface area contributed by atoms with Crippen molar-refractivity contribution in [1.29, 1.82) is 0 Å². The third kappa shape index (κ3) is 2.26. The average molecular weight is 226 g/mol. The Morgan fingerprint density at radius 2 is 2.82 bits per heavy atom. The van der Waals surface area contributed by atoms with Crippen LogP contribution in [0.2, 0.25) is 0 Å². The molecule has 0 saturated carbocycles. The molecule has 1 atom stereocenters. The van der Waals surface area contributed by atoms with Crippen LogP contribution in [0.5, 0.6) is 0 Å². The maximum atomic E-state index is 8.06. The summed E-state index contributed by atoms with van der Waals surface area (Å²) in [6.07, 6.45) is -5.08. The highest BCUT2D eigenvalue weighted by Crippen LogP contribution is 2.15. The van der Waals surface area contributed by atoms with Gasteiger partial charge in [-0.15, -0.1) is 0 Å².